The van der Waals surface area contributed by atoms with E-state index in [4.69, 9.17) is 0 Å². The summed E-state index contributed by atoms with van der Waals surface area (Å²) in [5.41, 5.74) is 5.58. The second kappa shape index (κ2) is 15.0. The number of rotatable bonds is 10. The third-order valence-electron chi connectivity index (χ3n) is 10.4. The molecule has 272 valence electrons. The molecule has 8 nitrogen and oxygen atoms in total. The number of thiophene rings is 1. The van der Waals surface area contributed by atoms with Gasteiger partial charge in [0, 0.05) is 53.5 Å². The van der Waals surface area contributed by atoms with Crippen molar-refractivity contribution in [3.63, 3.8) is 0 Å². The van der Waals surface area contributed by atoms with Crippen LogP contribution in [-0.2, 0) is 21.4 Å². The Labute approximate surface area is 313 Å². The van der Waals surface area contributed by atoms with Crippen molar-refractivity contribution < 1.29 is 23.9 Å². The summed E-state index contributed by atoms with van der Waals surface area (Å²) in [6, 6.07) is 24.0. The first-order chi connectivity index (χ1) is 25.4. The zero-order valence-electron chi connectivity index (χ0n) is 30.1. The Morgan fingerprint density at radius 3 is 2.11 bits per heavy atom. The molecule has 2 fully saturated rings. The first kappa shape index (κ1) is 36.2. The van der Waals surface area contributed by atoms with Crippen molar-refractivity contribution in [1.82, 2.24) is 20.2 Å². The van der Waals surface area contributed by atoms with Crippen molar-refractivity contribution >= 4 is 29.1 Å². The van der Waals surface area contributed by atoms with Crippen LogP contribution in [0.25, 0.3) is 33.6 Å². The molecule has 1 aliphatic heterocycles. The number of aliphatic carboxylic acids is 1. The van der Waals surface area contributed by atoms with Gasteiger partial charge in [0.1, 0.15) is 11.9 Å². The normalized spacial score (nSPS) is 15.6. The Kier molecular flexibility index (Phi) is 10.2. The van der Waals surface area contributed by atoms with Crippen molar-refractivity contribution in [2.75, 3.05) is 13.1 Å². The number of carbonyl (C=O) groups is 3. The van der Waals surface area contributed by atoms with Gasteiger partial charge in [-0.25, -0.2) is 14.4 Å². The van der Waals surface area contributed by atoms with Crippen LogP contribution < -0.4 is 5.32 Å². The molecular weight excluding hydrogens is 688 g/mol. The van der Waals surface area contributed by atoms with Crippen LogP contribution in [0.3, 0.4) is 0 Å². The lowest BCUT2D eigenvalue weighted by Gasteiger charge is -2.38. The smallest absolute Gasteiger partial charge is 0.310 e. The number of halogens is 1. The maximum Gasteiger partial charge on any atom is 0.310 e. The lowest BCUT2D eigenvalue weighted by atomic mass is 9.94. The van der Waals surface area contributed by atoms with E-state index in [-0.39, 0.29) is 42.6 Å². The highest BCUT2D eigenvalue weighted by molar-refractivity contribution is 7.14. The molecule has 0 bridgehead atoms. The van der Waals surface area contributed by atoms with Crippen LogP contribution in [0.5, 0.6) is 0 Å². The SMILES string of the molecule is CC(C)(C)c1ccc(C(=O)N[C@@H](Cc2ccc(-c3ncc(-c4ccc(-c5ccc(C6CCCC6)cc5)cc4F)cn3)cc2)C(=O)N2CC(C(=O)O)C2)s1. The van der Waals surface area contributed by atoms with Crippen molar-refractivity contribution in [1.29, 1.82) is 0 Å². The highest BCUT2D eigenvalue weighted by Gasteiger charge is 2.39. The van der Waals surface area contributed by atoms with Crippen LogP contribution in [0.4, 0.5) is 4.39 Å². The summed E-state index contributed by atoms with van der Waals surface area (Å²) in [5.74, 6) is -1.44. The van der Waals surface area contributed by atoms with Gasteiger partial charge in [-0.15, -0.1) is 11.3 Å². The number of hydrogen-bond donors (Lipinski definition) is 2. The van der Waals surface area contributed by atoms with Gasteiger partial charge in [-0.2, -0.15) is 0 Å². The molecule has 2 N–H and O–H groups in total. The van der Waals surface area contributed by atoms with Crippen LogP contribution in [0.1, 0.15) is 78.0 Å². The van der Waals surface area contributed by atoms with Crippen LogP contribution in [0.15, 0.2) is 91.3 Å². The summed E-state index contributed by atoms with van der Waals surface area (Å²) in [6.45, 7) is 6.46. The molecule has 0 radical (unpaired) electrons. The number of carboxylic acids is 1. The van der Waals surface area contributed by atoms with E-state index in [0.717, 1.165) is 27.1 Å². The highest BCUT2D eigenvalue weighted by Crippen LogP contribution is 2.36. The van der Waals surface area contributed by atoms with Gasteiger partial charge in [0.2, 0.25) is 5.91 Å². The number of nitrogens with zero attached hydrogens (tertiary/aromatic N) is 3. The lowest BCUT2D eigenvalue weighted by Crippen LogP contribution is -2.59. The Bertz CT molecular complexity index is 2110. The Morgan fingerprint density at radius 1 is 0.868 bits per heavy atom. The van der Waals surface area contributed by atoms with E-state index in [1.165, 1.54) is 47.5 Å². The van der Waals surface area contributed by atoms with Gasteiger partial charge in [-0.1, -0.05) is 94.3 Å². The van der Waals surface area contributed by atoms with Gasteiger partial charge < -0.3 is 15.3 Å². The predicted molar refractivity (Wildman–Crippen MR) is 205 cm³/mol. The predicted octanol–water partition coefficient (Wildman–Crippen LogP) is 8.52. The minimum Gasteiger partial charge on any atom is -0.481 e. The summed E-state index contributed by atoms with van der Waals surface area (Å²) >= 11 is 1.39. The first-order valence-electron chi connectivity index (χ1n) is 18.2. The topological polar surface area (TPSA) is 112 Å². The fourth-order valence-electron chi connectivity index (χ4n) is 7.11. The molecule has 1 aliphatic carbocycles. The molecule has 1 saturated heterocycles. The highest BCUT2D eigenvalue weighted by atomic mass is 32.1. The molecule has 3 heterocycles. The number of hydrogen-bond acceptors (Lipinski definition) is 6. The Morgan fingerprint density at radius 2 is 1.51 bits per heavy atom. The molecule has 10 heteroatoms. The number of benzene rings is 3. The molecule has 53 heavy (non-hydrogen) atoms. The number of carbonyl (C=O) groups excluding carboxylic acids is 2. The third kappa shape index (κ3) is 8.08. The average Bonchev–Trinajstić information content (AvgIpc) is 3.85. The minimum atomic E-state index is -0.938. The summed E-state index contributed by atoms with van der Waals surface area (Å²) in [7, 11) is 0. The maximum absolute atomic E-state index is 15.4. The molecule has 0 unspecified atom stereocenters. The third-order valence-corrected chi connectivity index (χ3v) is 11.9. The molecule has 5 aromatic rings. The van der Waals surface area contributed by atoms with E-state index < -0.39 is 17.9 Å². The number of nitrogens with one attached hydrogen (secondary N) is 1. The first-order valence-corrected chi connectivity index (χ1v) is 19.0. The summed E-state index contributed by atoms with van der Waals surface area (Å²) in [6.07, 6.45) is 8.51. The standard InChI is InChI=1S/C43H43FN4O4S/c1-43(2,3)38-19-18-37(53-38)40(49)47-36(41(50)48-24-33(25-48)42(51)52)20-26-8-10-30(11-9-26)39-45-22-32(23-46-39)34-17-16-31(21-35(34)44)29-14-12-28(13-15-29)27-6-4-5-7-27/h8-19,21-23,27,33,36H,4-7,20,24-25H2,1-3H3,(H,47,49)(H,51,52)/t36-/m0/s1. The van der Waals surface area contributed by atoms with Crippen molar-refractivity contribution in [2.45, 2.75) is 70.3 Å². The van der Waals surface area contributed by atoms with E-state index in [9.17, 15) is 19.5 Å². The van der Waals surface area contributed by atoms with E-state index in [0.29, 0.717) is 27.7 Å². The van der Waals surface area contributed by atoms with Gasteiger partial charge in [0.25, 0.3) is 5.91 Å². The molecule has 2 aliphatic rings. The molecule has 0 spiro atoms. The molecule has 2 aromatic heterocycles. The Balaban J connectivity index is 1.03. The van der Waals surface area contributed by atoms with Crippen LogP contribution in [0.2, 0.25) is 0 Å². The number of aromatic nitrogens is 2. The van der Waals surface area contributed by atoms with Crippen molar-refractivity contribution in [3.05, 3.63) is 118 Å². The summed E-state index contributed by atoms with van der Waals surface area (Å²) < 4.78 is 15.4. The van der Waals surface area contributed by atoms with E-state index >= 15 is 4.39 Å². The Hall–Kier alpha value is -5.22. The monoisotopic (exact) mass is 730 g/mol. The molecule has 1 atom stereocenters. The van der Waals surface area contributed by atoms with Crippen LogP contribution in [-0.4, -0.2) is 56.9 Å². The molecule has 1 saturated carbocycles. The fraction of sp³-hybridized carbons (Fsp3) is 0.326. The van der Waals surface area contributed by atoms with E-state index in [1.807, 2.05) is 36.4 Å². The second-order valence-corrected chi connectivity index (χ2v) is 16.3. The minimum absolute atomic E-state index is 0.113. The van der Waals surface area contributed by atoms with Gasteiger partial charge in [-0.05, 0) is 64.6 Å². The van der Waals surface area contributed by atoms with Gasteiger partial charge in [0.05, 0.1) is 10.8 Å². The quantitative estimate of drug-likeness (QED) is 0.149. The zero-order chi connectivity index (χ0) is 37.3. The van der Waals surface area contributed by atoms with E-state index in [2.05, 4.69) is 60.3 Å². The van der Waals surface area contributed by atoms with E-state index in [1.54, 1.807) is 30.6 Å². The number of likely N-dealkylation sites (tertiary alicyclic amines) is 1. The largest absolute Gasteiger partial charge is 0.481 e. The van der Waals surface area contributed by atoms with Crippen molar-refractivity contribution in [2.24, 2.45) is 5.92 Å². The second-order valence-electron chi connectivity index (χ2n) is 15.2. The number of carboxylic acid groups (broad SMARTS) is 1. The number of amides is 2. The van der Waals surface area contributed by atoms with Crippen LogP contribution >= 0.6 is 11.3 Å². The molecular formula is C43H43FN4O4S. The van der Waals surface area contributed by atoms with Crippen molar-refractivity contribution in [3.8, 4) is 33.6 Å². The summed E-state index contributed by atoms with van der Waals surface area (Å²) in [5, 5.41) is 12.2. The zero-order valence-corrected chi connectivity index (χ0v) is 31.0. The maximum atomic E-state index is 15.4. The van der Waals surface area contributed by atoms with Crippen LogP contribution in [0, 0.1) is 11.7 Å². The van der Waals surface area contributed by atoms with Gasteiger partial charge >= 0.3 is 5.97 Å². The van der Waals surface area contributed by atoms with Gasteiger partial charge in [0.15, 0.2) is 5.82 Å². The van der Waals surface area contributed by atoms with Gasteiger partial charge in [-0.3, -0.25) is 14.4 Å². The average molecular weight is 731 g/mol. The molecule has 3 aromatic carbocycles. The fourth-order valence-corrected chi connectivity index (χ4v) is 8.07. The molecule has 7 rings (SSSR count). The molecule has 2 amide bonds. The lowest BCUT2D eigenvalue weighted by molar-refractivity contribution is -0.153. The summed E-state index contributed by atoms with van der Waals surface area (Å²) in [4.78, 5) is 50.3.